The molecule has 0 aromatic heterocycles. The standard InChI is InChI=1S/C12H14N2O2/c1-10(13-11(2)16)14(9-15)8-12-6-4-3-5-7-12/h3-7,9H,1,8H2,2H3,(H,13,16). The number of nitrogens with one attached hydrogen (secondary N) is 1. The quantitative estimate of drug-likeness (QED) is 0.756. The van der Waals surface area contributed by atoms with Gasteiger partial charge in [0.15, 0.2) is 0 Å². The van der Waals surface area contributed by atoms with Gasteiger partial charge in [-0.05, 0) is 5.56 Å². The minimum absolute atomic E-state index is 0.245. The van der Waals surface area contributed by atoms with Gasteiger partial charge in [0.1, 0.15) is 5.82 Å². The van der Waals surface area contributed by atoms with Crippen LogP contribution in [0.5, 0.6) is 0 Å². The van der Waals surface area contributed by atoms with Gasteiger partial charge < -0.3 is 5.32 Å². The molecule has 2 amide bonds. The molecule has 4 heteroatoms. The smallest absolute Gasteiger partial charge is 0.222 e. The third-order valence-electron chi connectivity index (χ3n) is 1.99. The first-order valence-corrected chi connectivity index (χ1v) is 4.86. The van der Waals surface area contributed by atoms with Gasteiger partial charge in [-0.2, -0.15) is 0 Å². The Morgan fingerprint density at radius 3 is 2.56 bits per heavy atom. The lowest BCUT2D eigenvalue weighted by Gasteiger charge is -2.19. The van der Waals surface area contributed by atoms with E-state index in [1.54, 1.807) is 0 Å². The van der Waals surface area contributed by atoms with Gasteiger partial charge in [0.2, 0.25) is 12.3 Å². The largest absolute Gasteiger partial charge is 0.313 e. The van der Waals surface area contributed by atoms with Crippen LogP contribution in [0.3, 0.4) is 0 Å². The molecule has 1 aromatic carbocycles. The summed E-state index contributed by atoms with van der Waals surface area (Å²) in [4.78, 5) is 23.0. The van der Waals surface area contributed by atoms with Crippen LogP contribution >= 0.6 is 0 Å². The fourth-order valence-corrected chi connectivity index (χ4v) is 1.25. The molecule has 0 saturated carbocycles. The predicted octanol–water partition coefficient (Wildman–Crippen LogP) is 1.25. The zero-order chi connectivity index (χ0) is 12.0. The van der Waals surface area contributed by atoms with Crippen molar-refractivity contribution in [3.63, 3.8) is 0 Å². The third-order valence-corrected chi connectivity index (χ3v) is 1.99. The molecule has 1 aromatic rings. The molecule has 0 saturated heterocycles. The van der Waals surface area contributed by atoms with E-state index in [2.05, 4.69) is 11.9 Å². The maximum Gasteiger partial charge on any atom is 0.222 e. The maximum atomic E-state index is 10.8. The van der Waals surface area contributed by atoms with Gasteiger partial charge >= 0.3 is 0 Å². The molecule has 0 bridgehead atoms. The first-order chi connectivity index (χ1) is 7.63. The van der Waals surface area contributed by atoms with E-state index in [4.69, 9.17) is 0 Å². The third kappa shape index (κ3) is 3.57. The van der Waals surface area contributed by atoms with Gasteiger partial charge in [0.25, 0.3) is 0 Å². The summed E-state index contributed by atoms with van der Waals surface area (Å²) in [5.74, 6) is 0.0382. The van der Waals surface area contributed by atoms with Crippen molar-refractivity contribution in [1.82, 2.24) is 10.2 Å². The van der Waals surface area contributed by atoms with Gasteiger partial charge in [-0.1, -0.05) is 36.9 Å². The monoisotopic (exact) mass is 218 g/mol. The van der Waals surface area contributed by atoms with Gasteiger partial charge in [-0.3, -0.25) is 14.5 Å². The van der Waals surface area contributed by atoms with E-state index in [-0.39, 0.29) is 11.7 Å². The van der Waals surface area contributed by atoms with E-state index >= 15 is 0 Å². The Hall–Kier alpha value is -2.10. The van der Waals surface area contributed by atoms with Crippen LogP contribution in [0.15, 0.2) is 42.7 Å². The molecule has 84 valence electrons. The van der Waals surface area contributed by atoms with Crippen LogP contribution in [-0.4, -0.2) is 17.2 Å². The Labute approximate surface area is 94.6 Å². The van der Waals surface area contributed by atoms with Gasteiger partial charge in [0, 0.05) is 6.92 Å². The molecule has 1 rings (SSSR count). The molecule has 0 atom stereocenters. The number of hydrogen-bond acceptors (Lipinski definition) is 2. The Morgan fingerprint density at radius 2 is 2.06 bits per heavy atom. The molecule has 4 nitrogen and oxygen atoms in total. The second-order valence-corrected chi connectivity index (χ2v) is 3.35. The topological polar surface area (TPSA) is 49.4 Å². The lowest BCUT2D eigenvalue weighted by molar-refractivity contribution is -0.120. The van der Waals surface area contributed by atoms with Crippen molar-refractivity contribution in [2.45, 2.75) is 13.5 Å². The van der Waals surface area contributed by atoms with Crippen molar-refractivity contribution in [1.29, 1.82) is 0 Å². The molecule has 0 radical (unpaired) electrons. The fourth-order valence-electron chi connectivity index (χ4n) is 1.25. The SMILES string of the molecule is C=C(NC(C)=O)N(C=O)Cc1ccccc1. The van der Waals surface area contributed by atoms with Gasteiger partial charge in [-0.25, -0.2) is 0 Å². The minimum Gasteiger partial charge on any atom is -0.313 e. The van der Waals surface area contributed by atoms with E-state index in [1.807, 2.05) is 30.3 Å². The van der Waals surface area contributed by atoms with Crippen molar-refractivity contribution >= 4 is 12.3 Å². The average Bonchev–Trinajstić information content (AvgIpc) is 2.26. The number of rotatable bonds is 5. The van der Waals surface area contributed by atoms with Crippen molar-refractivity contribution < 1.29 is 9.59 Å². The van der Waals surface area contributed by atoms with Crippen LogP contribution in [0.4, 0.5) is 0 Å². The molecule has 0 aliphatic rings. The van der Waals surface area contributed by atoms with E-state index in [0.29, 0.717) is 13.0 Å². The van der Waals surface area contributed by atoms with E-state index in [1.165, 1.54) is 11.8 Å². The summed E-state index contributed by atoms with van der Waals surface area (Å²) in [6, 6.07) is 9.48. The normalized spacial score (nSPS) is 9.31. The van der Waals surface area contributed by atoms with Gasteiger partial charge in [0.05, 0.1) is 6.54 Å². The Morgan fingerprint density at radius 1 is 1.44 bits per heavy atom. The summed E-state index contributed by atoms with van der Waals surface area (Å²) in [6.45, 7) is 5.39. The highest BCUT2D eigenvalue weighted by atomic mass is 16.2. The Bertz CT molecular complexity index is 387. The molecule has 0 aliphatic heterocycles. The van der Waals surface area contributed by atoms with Crippen LogP contribution in [0.1, 0.15) is 12.5 Å². The highest BCUT2D eigenvalue weighted by Crippen LogP contribution is 2.05. The van der Waals surface area contributed by atoms with E-state index < -0.39 is 0 Å². The molecule has 0 fully saturated rings. The number of amides is 2. The van der Waals surface area contributed by atoms with Crippen molar-refractivity contribution in [2.75, 3.05) is 0 Å². The van der Waals surface area contributed by atoms with Crippen LogP contribution in [0.25, 0.3) is 0 Å². The van der Waals surface area contributed by atoms with Crippen molar-refractivity contribution in [3.8, 4) is 0 Å². The summed E-state index contributed by atoms with van der Waals surface area (Å²) in [5.41, 5.74) is 0.973. The first kappa shape index (κ1) is 12.0. The molecule has 16 heavy (non-hydrogen) atoms. The summed E-state index contributed by atoms with van der Waals surface area (Å²) in [5, 5.41) is 2.48. The summed E-state index contributed by atoms with van der Waals surface area (Å²) in [6.07, 6.45) is 0.644. The number of carbonyl (C=O) groups is 2. The van der Waals surface area contributed by atoms with E-state index in [9.17, 15) is 9.59 Å². The zero-order valence-electron chi connectivity index (χ0n) is 9.14. The molecule has 0 unspecified atom stereocenters. The average molecular weight is 218 g/mol. The Balaban J connectivity index is 2.66. The number of nitrogens with zero attached hydrogens (tertiary/aromatic N) is 1. The number of benzene rings is 1. The highest BCUT2D eigenvalue weighted by Gasteiger charge is 2.07. The predicted molar refractivity (Wildman–Crippen MR) is 61.0 cm³/mol. The van der Waals surface area contributed by atoms with Crippen molar-refractivity contribution in [2.24, 2.45) is 0 Å². The fraction of sp³-hybridized carbons (Fsp3) is 0.167. The van der Waals surface area contributed by atoms with Crippen LogP contribution in [-0.2, 0) is 16.1 Å². The lowest BCUT2D eigenvalue weighted by Crippen LogP contribution is -2.32. The van der Waals surface area contributed by atoms with Crippen molar-refractivity contribution in [3.05, 3.63) is 48.3 Å². The molecular weight excluding hydrogens is 204 g/mol. The summed E-state index contributed by atoms with van der Waals surface area (Å²) >= 11 is 0. The number of carbonyl (C=O) groups excluding carboxylic acids is 2. The molecule has 0 aliphatic carbocycles. The van der Waals surface area contributed by atoms with Crippen LogP contribution in [0, 0.1) is 0 Å². The molecule has 0 spiro atoms. The van der Waals surface area contributed by atoms with Crippen LogP contribution in [0.2, 0.25) is 0 Å². The summed E-state index contributed by atoms with van der Waals surface area (Å²) < 4.78 is 0. The molecular formula is C12H14N2O2. The molecule has 0 heterocycles. The second kappa shape index (κ2) is 5.70. The summed E-state index contributed by atoms with van der Waals surface area (Å²) in [7, 11) is 0. The van der Waals surface area contributed by atoms with Crippen LogP contribution < -0.4 is 5.32 Å². The Kier molecular flexibility index (Phi) is 4.27. The zero-order valence-corrected chi connectivity index (χ0v) is 9.14. The van der Waals surface area contributed by atoms with E-state index in [0.717, 1.165) is 5.56 Å². The lowest BCUT2D eigenvalue weighted by atomic mass is 10.2. The van der Waals surface area contributed by atoms with Gasteiger partial charge in [-0.15, -0.1) is 0 Å². The number of hydrogen-bond donors (Lipinski definition) is 1. The second-order valence-electron chi connectivity index (χ2n) is 3.35. The minimum atomic E-state index is -0.245. The first-order valence-electron chi connectivity index (χ1n) is 4.86. The maximum absolute atomic E-state index is 10.8. The highest BCUT2D eigenvalue weighted by molar-refractivity contribution is 5.75. The molecule has 1 N–H and O–H groups in total.